The monoisotopic (exact) mass is 322 g/mol. The molecular weight excluding hydrogens is 308 g/mol. The number of aromatic nitrogens is 2. The van der Waals surface area contributed by atoms with E-state index in [1.807, 2.05) is 18.2 Å². The fraction of sp³-hybridized carbons (Fsp3) is 0.286. The first kappa shape index (κ1) is 13.8. The Balaban J connectivity index is 2.23. The zero-order chi connectivity index (χ0) is 13.8. The van der Waals surface area contributed by atoms with Crippen LogP contribution in [0.25, 0.3) is 0 Å². The normalized spacial score (nSPS) is 10.6. The molecule has 2 aromatic rings. The van der Waals surface area contributed by atoms with Crippen LogP contribution in [0.4, 0.5) is 0 Å². The molecule has 0 unspecified atom stereocenters. The first-order chi connectivity index (χ1) is 9.10. The minimum Gasteiger partial charge on any atom is -0.480 e. The van der Waals surface area contributed by atoms with E-state index in [-0.39, 0.29) is 6.01 Å². The molecule has 0 fully saturated rings. The second-order valence-electron chi connectivity index (χ2n) is 4.34. The Labute approximate surface area is 120 Å². The second kappa shape index (κ2) is 6.02. The highest BCUT2D eigenvalue weighted by molar-refractivity contribution is 9.10. The molecule has 1 heterocycles. The fourth-order valence-electron chi connectivity index (χ4n) is 1.57. The van der Waals surface area contributed by atoms with Crippen molar-refractivity contribution in [1.29, 1.82) is 0 Å². The number of nitrogens with zero attached hydrogens (tertiary/aromatic N) is 2. The number of halogens is 1. The van der Waals surface area contributed by atoms with E-state index in [2.05, 4.69) is 45.8 Å². The molecule has 100 valence electrons. The summed E-state index contributed by atoms with van der Waals surface area (Å²) in [5, 5.41) is 0. The van der Waals surface area contributed by atoms with Gasteiger partial charge in [-0.05, 0) is 39.5 Å². The lowest BCUT2D eigenvalue weighted by Crippen LogP contribution is -1.96. The van der Waals surface area contributed by atoms with Crippen LogP contribution in [0.3, 0.4) is 0 Å². The van der Waals surface area contributed by atoms with Gasteiger partial charge in [-0.1, -0.05) is 26.0 Å². The van der Waals surface area contributed by atoms with Gasteiger partial charge < -0.3 is 9.47 Å². The summed E-state index contributed by atoms with van der Waals surface area (Å²) in [7, 11) is 1.55. The molecule has 2 rings (SSSR count). The minimum absolute atomic E-state index is 0.265. The topological polar surface area (TPSA) is 44.2 Å². The van der Waals surface area contributed by atoms with E-state index in [1.54, 1.807) is 13.3 Å². The Morgan fingerprint density at radius 1 is 1.26 bits per heavy atom. The number of rotatable bonds is 4. The van der Waals surface area contributed by atoms with E-state index in [1.165, 1.54) is 5.56 Å². The number of benzene rings is 1. The van der Waals surface area contributed by atoms with Crippen LogP contribution in [0.5, 0.6) is 17.6 Å². The molecular formula is C14H15BrN2O2. The molecule has 1 aromatic heterocycles. The molecule has 0 aliphatic rings. The highest BCUT2D eigenvalue weighted by Gasteiger charge is 2.08. The average Bonchev–Trinajstić information content (AvgIpc) is 2.41. The van der Waals surface area contributed by atoms with Gasteiger partial charge in [-0.3, -0.25) is 0 Å². The summed E-state index contributed by atoms with van der Waals surface area (Å²) in [5.74, 6) is 1.62. The zero-order valence-electron chi connectivity index (χ0n) is 11.1. The molecule has 0 radical (unpaired) electrons. The van der Waals surface area contributed by atoms with Gasteiger partial charge in [-0.25, -0.2) is 4.98 Å². The molecule has 0 saturated carbocycles. The molecule has 0 saturated heterocycles. The Morgan fingerprint density at radius 3 is 2.74 bits per heavy atom. The average molecular weight is 323 g/mol. The Hall–Kier alpha value is -1.62. The zero-order valence-corrected chi connectivity index (χ0v) is 12.6. The quantitative estimate of drug-likeness (QED) is 0.847. The number of hydrogen-bond donors (Lipinski definition) is 0. The molecule has 0 bridgehead atoms. The second-order valence-corrected chi connectivity index (χ2v) is 5.19. The van der Waals surface area contributed by atoms with Crippen LogP contribution in [-0.4, -0.2) is 17.1 Å². The van der Waals surface area contributed by atoms with Crippen LogP contribution >= 0.6 is 15.9 Å². The summed E-state index contributed by atoms with van der Waals surface area (Å²) in [6.45, 7) is 4.27. The first-order valence-electron chi connectivity index (χ1n) is 5.94. The van der Waals surface area contributed by atoms with Crippen LogP contribution in [-0.2, 0) is 0 Å². The van der Waals surface area contributed by atoms with E-state index in [0.29, 0.717) is 16.3 Å². The summed E-state index contributed by atoms with van der Waals surface area (Å²) in [6.07, 6.45) is 1.60. The van der Waals surface area contributed by atoms with Crippen molar-refractivity contribution in [3.05, 3.63) is 40.5 Å². The van der Waals surface area contributed by atoms with Crippen LogP contribution < -0.4 is 9.47 Å². The van der Waals surface area contributed by atoms with E-state index >= 15 is 0 Å². The van der Waals surface area contributed by atoms with E-state index in [0.717, 1.165) is 5.75 Å². The van der Waals surface area contributed by atoms with Crippen molar-refractivity contribution < 1.29 is 9.47 Å². The van der Waals surface area contributed by atoms with Crippen molar-refractivity contribution in [2.45, 2.75) is 19.8 Å². The van der Waals surface area contributed by atoms with Gasteiger partial charge in [0.1, 0.15) is 5.75 Å². The molecule has 4 nitrogen and oxygen atoms in total. The standard InChI is InChI=1S/C14H15BrN2O2/c1-9(2)10-5-4-6-11(7-10)19-14-16-8-12(15)13(17-14)18-3/h4-9H,1-3H3. The molecule has 1 aromatic carbocycles. The van der Waals surface area contributed by atoms with Gasteiger partial charge >= 0.3 is 6.01 Å². The number of methoxy groups -OCH3 is 1. The summed E-state index contributed by atoms with van der Waals surface area (Å²) in [4.78, 5) is 8.25. The predicted octanol–water partition coefficient (Wildman–Crippen LogP) is 4.16. The maximum atomic E-state index is 5.64. The maximum absolute atomic E-state index is 5.64. The van der Waals surface area contributed by atoms with Gasteiger partial charge in [0.2, 0.25) is 5.88 Å². The van der Waals surface area contributed by atoms with Gasteiger partial charge in [0.15, 0.2) is 0 Å². The minimum atomic E-state index is 0.265. The molecule has 0 amide bonds. The van der Waals surface area contributed by atoms with Gasteiger partial charge in [0.25, 0.3) is 0 Å². The third-order valence-electron chi connectivity index (χ3n) is 2.62. The van der Waals surface area contributed by atoms with Crippen LogP contribution in [0.1, 0.15) is 25.3 Å². The molecule has 0 spiro atoms. The SMILES string of the molecule is COc1nc(Oc2cccc(C(C)C)c2)ncc1Br. The highest BCUT2D eigenvalue weighted by atomic mass is 79.9. The third kappa shape index (κ3) is 3.44. The first-order valence-corrected chi connectivity index (χ1v) is 6.74. The van der Waals surface area contributed by atoms with E-state index < -0.39 is 0 Å². The van der Waals surface area contributed by atoms with Gasteiger partial charge in [-0.2, -0.15) is 4.98 Å². The lowest BCUT2D eigenvalue weighted by molar-refractivity contribution is 0.373. The number of ether oxygens (including phenoxy) is 2. The molecule has 0 atom stereocenters. The summed E-state index contributed by atoms with van der Waals surface area (Å²) in [5.41, 5.74) is 1.21. The third-order valence-corrected chi connectivity index (χ3v) is 3.16. The summed E-state index contributed by atoms with van der Waals surface area (Å²) in [6, 6.07) is 8.16. The Morgan fingerprint density at radius 2 is 2.05 bits per heavy atom. The van der Waals surface area contributed by atoms with Crippen LogP contribution in [0.15, 0.2) is 34.9 Å². The lowest BCUT2D eigenvalue weighted by Gasteiger charge is -2.09. The Bertz CT molecular complexity index is 573. The summed E-state index contributed by atoms with van der Waals surface area (Å²) >= 11 is 3.30. The molecule has 0 aliphatic heterocycles. The van der Waals surface area contributed by atoms with Crippen molar-refractivity contribution in [2.24, 2.45) is 0 Å². The highest BCUT2D eigenvalue weighted by Crippen LogP contribution is 2.27. The fourth-order valence-corrected chi connectivity index (χ4v) is 1.92. The van der Waals surface area contributed by atoms with Gasteiger partial charge in [-0.15, -0.1) is 0 Å². The molecule has 0 N–H and O–H groups in total. The van der Waals surface area contributed by atoms with Crippen LogP contribution in [0, 0.1) is 0 Å². The van der Waals surface area contributed by atoms with Crippen LogP contribution in [0.2, 0.25) is 0 Å². The van der Waals surface area contributed by atoms with Crippen molar-refractivity contribution in [3.63, 3.8) is 0 Å². The van der Waals surface area contributed by atoms with Crippen molar-refractivity contribution in [3.8, 4) is 17.6 Å². The van der Waals surface area contributed by atoms with Crippen molar-refractivity contribution in [1.82, 2.24) is 9.97 Å². The molecule has 19 heavy (non-hydrogen) atoms. The van der Waals surface area contributed by atoms with E-state index in [9.17, 15) is 0 Å². The Kier molecular flexibility index (Phi) is 4.37. The van der Waals surface area contributed by atoms with E-state index in [4.69, 9.17) is 9.47 Å². The lowest BCUT2D eigenvalue weighted by atomic mass is 10.0. The van der Waals surface area contributed by atoms with Gasteiger partial charge in [0, 0.05) is 0 Å². The molecule has 5 heteroatoms. The molecule has 0 aliphatic carbocycles. The summed E-state index contributed by atoms with van der Waals surface area (Å²) < 4.78 is 11.4. The maximum Gasteiger partial charge on any atom is 0.325 e. The number of hydrogen-bond acceptors (Lipinski definition) is 4. The van der Waals surface area contributed by atoms with Crippen molar-refractivity contribution >= 4 is 15.9 Å². The smallest absolute Gasteiger partial charge is 0.325 e. The predicted molar refractivity (Wildman–Crippen MR) is 76.9 cm³/mol. The van der Waals surface area contributed by atoms with Crippen molar-refractivity contribution in [2.75, 3.05) is 7.11 Å². The van der Waals surface area contributed by atoms with Gasteiger partial charge in [0.05, 0.1) is 17.8 Å². The largest absolute Gasteiger partial charge is 0.480 e.